The highest BCUT2D eigenvalue weighted by Crippen LogP contribution is 2.27. The highest BCUT2D eigenvalue weighted by Gasteiger charge is 2.05. The van der Waals surface area contributed by atoms with Crippen LogP contribution in [0.5, 0.6) is 11.5 Å². The minimum Gasteiger partial charge on any atom is -0.457 e. The zero-order valence-corrected chi connectivity index (χ0v) is 12.4. The van der Waals surface area contributed by atoms with Crippen LogP contribution in [-0.2, 0) is 12.8 Å². The van der Waals surface area contributed by atoms with Gasteiger partial charge in [-0.05, 0) is 55.6 Å². The molecule has 2 rings (SSSR count). The van der Waals surface area contributed by atoms with E-state index < -0.39 is 0 Å². The molecule has 0 fully saturated rings. The van der Waals surface area contributed by atoms with Crippen LogP contribution >= 0.6 is 0 Å². The molecular formula is C18H23NO. The van der Waals surface area contributed by atoms with Crippen molar-refractivity contribution in [2.45, 2.75) is 33.1 Å². The van der Waals surface area contributed by atoms with Gasteiger partial charge in [0.15, 0.2) is 0 Å². The van der Waals surface area contributed by atoms with Crippen LogP contribution in [0.15, 0.2) is 42.5 Å². The van der Waals surface area contributed by atoms with Crippen molar-refractivity contribution in [3.63, 3.8) is 0 Å². The maximum absolute atomic E-state index is 5.99. The van der Waals surface area contributed by atoms with E-state index in [1.165, 1.54) is 23.1 Å². The van der Waals surface area contributed by atoms with Gasteiger partial charge in [-0.1, -0.05) is 43.2 Å². The van der Waals surface area contributed by atoms with Gasteiger partial charge in [0.1, 0.15) is 11.5 Å². The standard InChI is InChI=1S/C18H23NO/c1-3-4-15-6-8-17(9-7-15)20-18-10-5-14(2)13-16(18)11-12-19/h5-10,13H,3-4,11-12,19H2,1-2H3. The first-order chi connectivity index (χ1) is 9.72. The fourth-order valence-electron chi connectivity index (χ4n) is 2.30. The van der Waals surface area contributed by atoms with Crippen molar-refractivity contribution in [2.75, 3.05) is 6.54 Å². The molecule has 0 saturated carbocycles. The highest BCUT2D eigenvalue weighted by molar-refractivity contribution is 5.41. The average Bonchev–Trinajstić information content (AvgIpc) is 2.44. The van der Waals surface area contributed by atoms with Gasteiger partial charge >= 0.3 is 0 Å². The first-order valence-corrected chi connectivity index (χ1v) is 7.29. The number of aryl methyl sites for hydroxylation is 2. The second kappa shape index (κ2) is 7.11. The quantitative estimate of drug-likeness (QED) is 0.851. The molecule has 0 aromatic heterocycles. The first kappa shape index (κ1) is 14.6. The molecule has 2 nitrogen and oxygen atoms in total. The minimum atomic E-state index is 0.634. The van der Waals surface area contributed by atoms with Crippen molar-refractivity contribution in [3.05, 3.63) is 59.2 Å². The SMILES string of the molecule is CCCc1ccc(Oc2ccc(C)cc2CCN)cc1. The summed E-state index contributed by atoms with van der Waals surface area (Å²) in [5, 5.41) is 0. The van der Waals surface area contributed by atoms with Gasteiger partial charge in [0.2, 0.25) is 0 Å². The number of ether oxygens (including phenoxy) is 1. The van der Waals surface area contributed by atoms with Crippen LogP contribution in [0, 0.1) is 6.92 Å². The Hall–Kier alpha value is -1.80. The monoisotopic (exact) mass is 269 g/mol. The Balaban J connectivity index is 2.16. The average molecular weight is 269 g/mol. The number of benzene rings is 2. The zero-order chi connectivity index (χ0) is 14.4. The topological polar surface area (TPSA) is 35.2 Å². The molecule has 20 heavy (non-hydrogen) atoms. The smallest absolute Gasteiger partial charge is 0.130 e. The Morgan fingerprint density at radius 3 is 2.40 bits per heavy atom. The summed E-state index contributed by atoms with van der Waals surface area (Å²) in [5.41, 5.74) is 9.43. The Bertz CT molecular complexity index is 546. The van der Waals surface area contributed by atoms with E-state index in [9.17, 15) is 0 Å². The molecule has 106 valence electrons. The van der Waals surface area contributed by atoms with Gasteiger partial charge in [-0.3, -0.25) is 0 Å². The molecule has 0 unspecified atom stereocenters. The predicted octanol–water partition coefficient (Wildman–Crippen LogP) is 4.24. The summed E-state index contributed by atoms with van der Waals surface area (Å²) in [6, 6.07) is 14.6. The third-order valence-electron chi connectivity index (χ3n) is 3.32. The zero-order valence-electron chi connectivity index (χ0n) is 12.4. The van der Waals surface area contributed by atoms with Crippen LogP contribution in [0.25, 0.3) is 0 Å². The molecule has 2 N–H and O–H groups in total. The molecule has 0 saturated heterocycles. The van der Waals surface area contributed by atoms with E-state index >= 15 is 0 Å². The summed E-state index contributed by atoms with van der Waals surface area (Å²) in [7, 11) is 0. The van der Waals surface area contributed by atoms with E-state index in [4.69, 9.17) is 10.5 Å². The molecule has 0 spiro atoms. The van der Waals surface area contributed by atoms with Crippen molar-refractivity contribution in [1.29, 1.82) is 0 Å². The van der Waals surface area contributed by atoms with Crippen LogP contribution in [0.2, 0.25) is 0 Å². The second-order valence-corrected chi connectivity index (χ2v) is 5.15. The van der Waals surface area contributed by atoms with E-state index in [1.54, 1.807) is 0 Å². The van der Waals surface area contributed by atoms with E-state index in [2.05, 4.69) is 38.1 Å². The molecule has 0 atom stereocenters. The summed E-state index contributed by atoms with van der Waals surface area (Å²) in [6.45, 7) is 4.91. The normalized spacial score (nSPS) is 10.6. The van der Waals surface area contributed by atoms with Crippen molar-refractivity contribution >= 4 is 0 Å². The first-order valence-electron chi connectivity index (χ1n) is 7.29. The van der Waals surface area contributed by atoms with Gasteiger partial charge in [0.05, 0.1) is 0 Å². The minimum absolute atomic E-state index is 0.634. The summed E-state index contributed by atoms with van der Waals surface area (Å²) in [5.74, 6) is 1.79. The lowest BCUT2D eigenvalue weighted by Gasteiger charge is -2.12. The Morgan fingerprint density at radius 1 is 1.00 bits per heavy atom. The van der Waals surface area contributed by atoms with Gasteiger partial charge in [-0.25, -0.2) is 0 Å². The Kier molecular flexibility index (Phi) is 5.19. The van der Waals surface area contributed by atoms with Crippen molar-refractivity contribution < 1.29 is 4.74 Å². The van der Waals surface area contributed by atoms with Gasteiger partial charge in [0.25, 0.3) is 0 Å². The summed E-state index contributed by atoms with van der Waals surface area (Å²) in [4.78, 5) is 0. The molecular weight excluding hydrogens is 246 g/mol. The summed E-state index contributed by atoms with van der Waals surface area (Å²) < 4.78 is 5.99. The predicted molar refractivity (Wildman–Crippen MR) is 84.4 cm³/mol. The van der Waals surface area contributed by atoms with Crippen molar-refractivity contribution in [1.82, 2.24) is 0 Å². The van der Waals surface area contributed by atoms with Crippen LogP contribution < -0.4 is 10.5 Å². The third kappa shape index (κ3) is 3.84. The summed E-state index contributed by atoms with van der Waals surface area (Å²) in [6.07, 6.45) is 3.12. The molecule has 0 aliphatic rings. The molecule has 0 radical (unpaired) electrons. The van der Waals surface area contributed by atoms with E-state index in [0.29, 0.717) is 6.54 Å². The van der Waals surface area contributed by atoms with Crippen LogP contribution in [-0.4, -0.2) is 6.54 Å². The number of hydrogen-bond acceptors (Lipinski definition) is 2. The lowest BCUT2D eigenvalue weighted by atomic mass is 10.1. The van der Waals surface area contributed by atoms with Crippen molar-refractivity contribution in [2.24, 2.45) is 5.73 Å². The Morgan fingerprint density at radius 2 is 1.75 bits per heavy atom. The molecule has 0 aliphatic heterocycles. The second-order valence-electron chi connectivity index (χ2n) is 5.15. The van der Waals surface area contributed by atoms with E-state index in [1.807, 2.05) is 18.2 Å². The number of hydrogen-bond donors (Lipinski definition) is 1. The summed E-state index contributed by atoms with van der Waals surface area (Å²) >= 11 is 0. The molecule has 0 aliphatic carbocycles. The van der Waals surface area contributed by atoms with E-state index in [0.717, 1.165) is 24.3 Å². The maximum atomic E-state index is 5.99. The maximum Gasteiger partial charge on any atom is 0.130 e. The van der Waals surface area contributed by atoms with Gasteiger partial charge in [-0.15, -0.1) is 0 Å². The molecule has 2 aromatic carbocycles. The lowest BCUT2D eigenvalue weighted by Crippen LogP contribution is -2.04. The molecule has 0 amide bonds. The van der Waals surface area contributed by atoms with Gasteiger partial charge in [-0.2, -0.15) is 0 Å². The lowest BCUT2D eigenvalue weighted by molar-refractivity contribution is 0.476. The number of nitrogens with two attached hydrogens (primary N) is 1. The Labute approximate surface area is 121 Å². The van der Waals surface area contributed by atoms with Crippen LogP contribution in [0.3, 0.4) is 0 Å². The third-order valence-corrected chi connectivity index (χ3v) is 3.32. The van der Waals surface area contributed by atoms with Crippen LogP contribution in [0.4, 0.5) is 0 Å². The van der Waals surface area contributed by atoms with Gasteiger partial charge < -0.3 is 10.5 Å². The largest absolute Gasteiger partial charge is 0.457 e. The molecule has 2 heteroatoms. The van der Waals surface area contributed by atoms with E-state index in [-0.39, 0.29) is 0 Å². The van der Waals surface area contributed by atoms with Gasteiger partial charge in [0, 0.05) is 0 Å². The highest BCUT2D eigenvalue weighted by atomic mass is 16.5. The molecule has 0 bridgehead atoms. The van der Waals surface area contributed by atoms with Crippen molar-refractivity contribution in [3.8, 4) is 11.5 Å². The number of rotatable bonds is 6. The molecule has 0 heterocycles. The molecule has 2 aromatic rings. The van der Waals surface area contributed by atoms with Crippen LogP contribution in [0.1, 0.15) is 30.0 Å². The fraction of sp³-hybridized carbons (Fsp3) is 0.333. The fourth-order valence-corrected chi connectivity index (χ4v) is 2.30.